The Labute approximate surface area is 123 Å². The standard InChI is InChI=1S/C15H21FN2O3/c1-10(2)5-3-4-8-17-15(21)18-13-7-6-11(16)9-12(13)14(19)20/h6-7,9-10H,3-5,8H2,1-2H3,(H,19,20)(H2,17,18,21). The van der Waals surface area contributed by atoms with E-state index in [2.05, 4.69) is 24.5 Å². The number of carboxylic acid groups (broad SMARTS) is 1. The summed E-state index contributed by atoms with van der Waals surface area (Å²) >= 11 is 0. The van der Waals surface area contributed by atoms with Gasteiger partial charge < -0.3 is 15.7 Å². The van der Waals surface area contributed by atoms with Crippen LogP contribution in [-0.2, 0) is 0 Å². The highest BCUT2D eigenvalue weighted by molar-refractivity contribution is 5.99. The molecule has 116 valence electrons. The Balaban J connectivity index is 2.46. The number of unbranched alkanes of at least 4 members (excludes halogenated alkanes) is 1. The summed E-state index contributed by atoms with van der Waals surface area (Å²) < 4.78 is 13.0. The van der Waals surface area contributed by atoms with E-state index in [-0.39, 0.29) is 11.3 Å². The van der Waals surface area contributed by atoms with Crippen molar-refractivity contribution in [3.05, 3.63) is 29.6 Å². The molecule has 6 heteroatoms. The van der Waals surface area contributed by atoms with E-state index in [1.807, 2.05) is 0 Å². The van der Waals surface area contributed by atoms with E-state index in [1.165, 1.54) is 6.07 Å². The summed E-state index contributed by atoms with van der Waals surface area (Å²) in [6.07, 6.45) is 2.99. The second-order valence-corrected chi connectivity index (χ2v) is 5.27. The van der Waals surface area contributed by atoms with Gasteiger partial charge in [0, 0.05) is 6.54 Å². The van der Waals surface area contributed by atoms with E-state index >= 15 is 0 Å². The molecule has 0 aliphatic heterocycles. The van der Waals surface area contributed by atoms with Gasteiger partial charge in [-0.1, -0.05) is 26.7 Å². The topological polar surface area (TPSA) is 78.4 Å². The lowest BCUT2D eigenvalue weighted by atomic mass is 10.1. The molecule has 0 heterocycles. The maximum absolute atomic E-state index is 13.0. The highest BCUT2D eigenvalue weighted by atomic mass is 19.1. The second kappa shape index (κ2) is 8.24. The molecule has 0 radical (unpaired) electrons. The van der Waals surface area contributed by atoms with E-state index in [1.54, 1.807) is 0 Å². The van der Waals surface area contributed by atoms with Crippen LogP contribution in [0.3, 0.4) is 0 Å². The van der Waals surface area contributed by atoms with Crippen molar-refractivity contribution in [3.63, 3.8) is 0 Å². The zero-order chi connectivity index (χ0) is 15.8. The van der Waals surface area contributed by atoms with Crippen molar-refractivity contribution in [3.8, 4) is 0 Å². The van der Waals surface area contributed by atoms with Gasteiger partial charge in [-0.25, -0.2) is 14.0 Å². The van der Waals surface area contributed by atoms with Crippen LogP contribution in [0.15, 0.2) is 18.2 Å². The van der Waals surface area contributed by atoms with Crippen LogP contribution in [-0.4, -0.2) is 23.7 Å². The van der Waals surface area contributed by atoms with Crippen LogP contribution in [0.25, 0.3) is 0 Å². The van der Waals surface area contributed by atoms with E-state index in [0.29, 0.717) is 12.5 Å². The Bertz CT molecular complexity index is 504. The number of carboxylic acids is 1. The third kappa shape index (κ3) is 6.25. The molecular weight excluding hydrogens is 275 g/mol. The average Bonchev–Trinajstić information content (AvgIpc) is 2.39. The molecule has 0 unspecified atom stereocenters. The first kappa shape index (κ1) is 16.9. The van der Waals surface area contributed by atoms with Gasteiger partial charge >= 0.3 is 12.0 Å². The number of hydrogen-bond donors (Lipinski definition) is 3. The van der Waals surface area contributed by atoms with Crippen LogP contribution in [0.2, 0.25) is 0 Å². The van der Waals surface area contributed by atoms with Crippen LogP contribution in [0.1, 0.15) is 43.5 Å². The number of urea groups is 1. The largest absolute Gasteiger partial charge is 0.478 e. The van der Waals surface area contributed by atoms with E-state index in [4.69, 9.17) is 5.11 Å². The predicted molar refractivity (Wildman–Crippen MR) is 79.1 cm³/mol. The fourth-order valence-electron chi connectivity index (χ4n) is 1.85. The number of carbonyl (C=O) groups is 2. The molecular formula is C15H21FN2O3. The molecule has 0 spiro atoms. The molecule has 3 N–H and O–H groups in total. The summed E-state index contributed by atoms with van der Waals surface area (Å²) in [5.74, 6) is -1.31. The van der Waals surface area contributed by atoms with Crippen LogP contribution >= 0.6 is 0 Å². The highest BCUT2D eigenvalue weighted by Crippen LogP contribution is 2.17. The number of halogens is 1. The SMILES string of the molecule is CC(C)CCCCNC(=O)Nc1ccc(F)cc1C(=O)O. The Morgan fingerprint density at radius 2 is 2.00 bits per heavy atom. The van der Waals surface area contributed by atoms with E-state index in [0.717, 1.165) is 31.4 Å². The normalized spacial score (nSPS) is 10.5. The van der Waals surface area contributed by atoms with Gasteiger partial charge in [0.15, 0.2) is 0 Å². The van der Waals surface area contributed by atoms with Crippen molar-refractivity contribution in [1.29, 1.82) is 0 Å². The molecule has 0 aliphatic carbocycles. The predicted octanol–water partition coefficient (Wildman–Crippen LogP) is 3.47. The molecule has 2 amide bonds. The number of amides is 2. The molecule has 0 bridgehead atoms. The molecule has 5 nitrogen and oxygen atoms in total. The lowest BCUT2D eigenvalue weighted by molar-refractivity contribution is 0.0697. The number of anilines is 1. The van der Waals surface area contributed by atoms with Crippen LogP contribution < -0.4 is 10.6 Å². The fraction of sp³-hybridized carbons (Fsp3) is 0.467. The maximum atomic E-state index is 13.0. The highest BCUT2D eigenvalue weighted by Gasteiger charge is 2.13. The summed E-state index contributed by atoms with van der Waals surface area (Å²) in [6.45, 7) is 4.80. The van der Waals surface area contributed by atoms with Gasteiger partial charge in [0.25, 0.3) is 0 Å². The summed E-state index contributed by atoms with van der Waals surface area (Å²) in [4.78, 5) is 22.6. The maximum Gasteiger partial charge on any atom is 0.337 e. The Morgan fingerprint density at radius 3 is 2.62 bits per heavy atom. The molecule has 1 rings (SSSR count). The van der Waals surface area contributed by atoms with Crippen molar-refractivity contribution in [2.45, 2.75) is 33.1 Å². The Hall–Kier alpha value is -2.11. The third-order valence-electron chi connectivity index (χ3n) is 2.95. The number of carbonyl (C=O) groups excluding carboxylic acids is 1. The van der Waals surface area contributed by atoms with Crippen molar-refractivity contribution in [2.75, 3.05) is 11.9 Å². The van der Waals surface area contributed by atoms with Crippen molar-refractivity contribution < 1.29 is 19.1 Å². The molecule has 1 aromatic carbocycles. The molecule has 0 saturated carbocycles. The number of rotatable bonds is 7. The molecule has 1 aromatic rings. The lowest BCUT2D eigenvalue weighted by Crippen LogP contribution is -2.30. The third-order valence-corrected chi connectivity index (χ3v) is 2.95. The molecule has 0 fully saturated rings. The summed E-state index contributed by atoms with van der Waals surface area (Å²) in [5.41, 5.74) is -0.200. The first-order valence-corrected chi connectivity index (χ1v) is 6.98. The molecule has 0 aromatic heterocycles. The van der Waals surface area contributed by atoms with Gasteiger partial charge in [0.2, 0.25) is 0 Å². The summed E-state index contributed by atoms with van der Waals surface area (Å²) in [5, 5.41) is 14.0. The first-order chi connectivity index (χ1) is 9.90. The number of hydrogen-bond acceptors (Lipinski definition) is 2. The van der Waals surface area contributed by atoms with Gasteiger partial charge in [-0.05, 0) is 30.5 Å². The van der Waals surface area contributed by atoms with Gasteiger partial charge in [-0.3, -0.25) is 0 Å². The smallest absolute Gasteiger partial charge is 0.337 e. The quantitative estimate of drug-likeness (QED) is 0.674. The van der Waals surface area contributed by atoms with Crippen molar-refractivity contribution in [2.24, 2.45) is 5.92 Å². The molecule has 0 atom stereocenters. The fourth-order valence-corrected chi connectivity index (χ4v) is 1.85. The van der Waals surface area contributed by atoms with Crippen LogP contribution in [0.5, 0.6) is 0 Å². The minimum Gasteiger partial charge on any atom is -0.478 e. The second-order valence-electron chi connectivity index (χ2n) is 5.27. The van der Waals surface area contributed by atoms with Gasteiger partial charge in [0.05, 0.1) is 11.3 Å². The zero-order valence-electron chi connectivity index (χ0n) is 12.3. The van der Waals surface area contributed by atoms with Crippen LogP contribution in [0, 0.1) is 11.7 Å². The van der Waals surface area contributed by atoms with Gasteiger partial charge in [-0.15, -0.1) is 0 Å². The van der Waals surface area contributed by atoms with Crippen molar-refractivity contribution >= 4 is 17.7 Å². The van der Waals surface area contributed by atoms with Crippen LogP contribution in [0.4, 0.5) is 14.9 Å². The van der Waals surface area contributed by atoms with Gasteiger partial charge in [-0.2, -0.15) is 0 Å². The van der Waals surface area contributed by atoms with E-state index in [9.17, 15) is 14.0 Å². The zero-order valence-corrected chi connectivity index (χ0v) is 12.3. The minimum atomic E-state index is -1.29. The molecule has 21 heavy (non-hydrogen) atoms. The molecule has 0 aliphatic rings. The summed E-state index contributed by atoms with van der Waals surface area (Å²) in [6, 6.07) is 2.72. The van der Waals surface area contributed by atoms with Gasteiger partial charge in [0.1, 0.15) is 5.82 Å². The monoisotopic (exact) mass is 296 g/mol. The lowest BCUT2D eigenvalue weighted by Gasteiger charge is -2.10. The number of nitrogens with one attached hydrogen (secondary N) is 2. The van der Waals surface area contributed by atoms with E-state index < -0.39 is 17.8 Å². The van der Waals surface area contributed by atoms with Crippen molar-refractivity contribution in [1.82, 2.24) is 5.32 Å². The molecule has 0 saturated heterocycles. The summed E-state index contributed by atoms with van der Waals surface area (Å²) in [7, 11) is 0. The Kier molecular flexibility index (Phi) is 6.65. The average molecular weight is 296 g/mol. The Morgan fingerprint density at radius 1 is 1.29 bits per heavy atom. The first-order valence-electron chi connectivity index (χ1n) is 6.98. The minimum absolute atomic E-state index is 0.0728. The number of benzene rings is 1. The number of aromatic carboxylic acids is 1.